The SMILES string of the molecule is CC(C)(C)c1ccc(C#Cc2cncc3cc(/C=C4\SC(=O)NC4=O)oc23)cc1. The minimum atomic E-state index is -0.419. The second-order valence-electron chi connectivity index (χ2n) is 7.68. The topological polar surface area (TPSA) is 72.2 Å². The fourth-order valence-electron chi connectivity index (χ4n) is 2.89. The van der Waals surface area contributed by atoms with E-state index in [0.29, 0.717) is 21.8 Å². The molecule has 0 bridgehead atoms. The van der Waals surface area contributed by atoms with Crippen molar-refractivity contribution in [2.75, 3.05) is 0 Å². The van der Waals surface area contributed by atoms with E-state index in [1.807, 2.05) is 12.1 Å². The Bertz CT molecular complexity index is 1220. The molecule has 1 aliphatic heterocycles. The highest BCUT2D eigenvalue weighted by molar-refractivity contribution is 8.18. The molecule has 1 saturated heterocycles. The summed E-state index contributed by atoms with van der Waals surface area (Å²) < 4.78 is 5.87. The molecule has 1 aliphatic rings. The molecule has 0 spiro atoms. The van der Waals surface area contributed by atoms with Crippen LogP contribution in [0.15, 0.2) is 52.0 Å². The maximum Gasteiger partial charge on any atom is 0.290 e. The van der Waals surface area contributed by atoms with Gasteiger partial charge < -0.3 is 4.42 Å². The lowest BCUT2D eigenvalue weighted by Gasteiger charge is -2.18. The van der Waals surface area contributed by atoms with Crippen molar-refractivity contribution in [3.63, 3.8) is 0 Å². The van der Waals surface area contributed by atoms with Crippen LogP contribution in [0.5, 0.6) is 0 Å². The van der Waals surface area contributed by atoms with E-state index >= 15 is 0 Å². The van der Waals surface area contributed by atoms with Crippen LogP contribution in [0.1, 0.15) is 43.2 Å². The molecule has 1 N–H and O–H groups in total. The van der Waals surface area contributed by atoms with Gasteiger partial charge in [0.2, 0.25) is 0 Å². The highest BCUT2D eigenvalue weighted by atomic mass is 32.2. The van der Waals surface area contributed by atoms with E-state index in [9.17, 15) is 9.59 Å². The molecule has 3 heterocycles. The van der Waals surface area contributed by atoms with Gasteiger partial charge in [-0.05, 0) is 40.9 Å². The van der Waals surface area contributed by atoms with Gasteiger partial charge in [-0.1, -0.05) is 44.7 Å². The number of carbonyl (C=O) groups is 2. The third-order valence-electron chi connectivity index (χ3n) is 4.45. The third kappa shape index (κ3) is 4.10. The minimum absolute atomic E-state index is 0.0969. The number of hydrogen-bond acceptors (Lipinski definition) is 5. The zero-order valence-corrected chi connectivity index (χ0v) is 17.0. The Balaban J connectivity index is 1.65. The number of benzene rings is 1. The Labute approximate surface area is 172 Å². The lowest BCUT2D eigenvalue weighted by Crippen LogP contribution is -2.17. The molecule has 2 amide bonds. The number of nitrogens with one attached hydrogen (secondary N) is 1. The van der Waals surface area contributed by atoms with Crippen molar-refractivity contribution >= 4 is 40.0 Å². The molecule has 1 aromatic carbocycles. The first kappa shape index (κ1) is 19.0. The molecule has 0 radical (unpaired) electrons. The van der Waals surface area contributed by atoms with Gasteiger partial charge in [-0.25, -0.2) is 0 Å². The van der Waals surface area contributed by atoms with Gasteiger partial charge in [-0.3, -0.25) is 19.9 Å². The van der Waals surface area contributed by atoms with E-state index in [2.05, 4.69) is 55.0 Å². The van der Waals surface area contributed by atoms with E-state index < -0.39 is 5.91 Å². The molecule has 2 aromatic heterocycles. The summed E-state index contributed by atoms with van der Waals surface area (Å²) in [5, 5.41) is 2.62. The normalized spacial score (nSPS) is 15.5. The van der Waals surface area contributed by atoms with Gasteiger partial charge in [0, 0.05) is 29.4 Å². The monoisotopic (exact) mass is 402 g/mol. The second kappa shape index (κ2) is 7.26. The second-order valence-corrected chi connectivity index (χ2v) is 8.70. The van der Waals surface area contributed by atoms with Crippen molar-refractivity contribution in [1.82, 2.24) is 10.3 Å². The Hall–Kier alpha value is -3.30. The van der Waals surface area contributed by atoms with Crippen LogP contribution in [-0.4, -0.2) is 16.1 Å². The van der Waals surface area contributed by atoms with Gasteiger partial charge in [-0.2, -0.15) is 0 Å². The Morgan fingerprint density at radius 2 is 1.86 bits per heavy atom. The van der Waals surface area contributed by atoms with Crippen LogP contribution in [0.25, 0.3) is 17.0 Å². The maximum atomic E-state index is 11.7. The molecule has 6 heteroatoms. The molecule has 0 saturated carbocycles. The molecule has 5 nitrogen and oxygen atoms in total. The van der Waals surface area contributed by atoms with E-state index in [0.717, 1.165) is 22.7 Å². The fraction of sp³-hybridized carbons (Fsp3) is 0.174. The van der Waals surface area contributed by atoms with Crippen LogP contribution in [-0.2, 0) is 10.2 Å². The smallest absolute Gasteiger partial charge is 0.290 e. The summed E-state index contributed by atoms with van der Waals surface area (Å²) in [7, 11) is 0. The lowest BCUT2D eigenvalue weighted by atomic mass is 9.87. The van der Waals surface area contributed by atoms with Gasteiger partial charge in [0.25, 0.3) is 11.1 Å². The highest BCUT2D eigenvalue weighted by Crippen LogP contribution is 2.29. The number of furan rings is 1. The van der Waals surface area contributed by atoms with Gasteiger partial charge in [0.05, 0.1) is 10.5 Å². The fourth-order valence-corrected chi connectivity index (χ4v) is 3.55. The number of rotatable bonds is 1. The average molecular weight is 402 g/mol. The molecular weight excluding hydrogens is 384 g/mol. The summed E-state index contributed by atoms with van der Waals surface area (Å²) in [5.74, 6) is 6.32. The molecular formula is C23H18N2O3S. The number of fused-ring (bicyclic) bond motifs is 1. The van der Waals surface area contributed by atoms with Crippen LogP contribution >= 0.6 is 11.8 Å². The molecule has 0 atom stereocenters. The number of hydrogen-bond donors (Lipinski definition) is 1. The number of pyridine rings is 1. The van der Waals surface area contributed by atoms with Gasteiger partial charge >= 0.3 is 0 Å². The van der Waals surface area contributed by atoms with Crippen LogP contribution in [0, 0.1) is 11.8 Å². The van der Waals surface area contributed by atoms with Crippen molar-refractivity contribution in [3.8, 4) is 11.8 Å². The first-order chi connectivity index (χ1) is 13.8. The van der Waals surface area contributed by atoms with Crippen molar-refractivity contribution < 1.29 is 14.0 Å². The summed E-state index contributed by atoms with van der Waals surface area (Å²) >= 11 is 0.851. The van der Waals surface area contributed by atoms with Gasteiger partial charge in [0.15, 0.2) is 5.58 Å². The van der Waals surface area contributed by atoms with E-state index in [4.69, 9.17) is 4.42 Å². The molecule has 29 heavy (non-hydrogen) atoms. The standard InChI is InChI=1S/C23H18N2O3S/c1-23(2,3)17-8-5-14(6-9-17)4-7-15-12-24-13-16-10-18(28-20(15)16)11-19-21(26)25-22(27)29-19/h5-6,8-13H,1-3H3,(H,25,26,27)/b19-11-. The number of nitrogens with zero attached hydrogens (tertiary/aromatic N) is 1. The molecule has 144 valence electrons. The highest BCUT2D eigenvalue weighted by Gasteiger charge is 2.25. The Morgan fingerprint density at radius 1 is 1.10 bits per heavy atom. The number of amides is 2. The summed E-state index contributed by atoms with van der Waals surface area (Å²) in [6.45, 7) is 6.52. The molecule has 0 unspecified atom stereocenters. The number of thioether (sulfide) groups is 1. The number of carbonyl (C=O) groups excluding carboxylic acids is 2. The lowest BCUT2D eigenvalue weighted by molar-refractivity contribution is -0.115. The quantitative estimate of drug-likeness (QED) is 0.465. The largest absolute Gasteiger partial charge is 0.455 e. The molecule has 3 aromatic rings. The first-order valence-corrected chi connectivity index (χ1v) is 9.86. The van der Waals surface area contributed by atoms with Gasteiger partial charge in [0.1, 0.15) is 5.76 Å². The van der Waals surface area contributed by atoms with Crippen LogP contribution in [0.3, 0.4) is 0 Å². The summed E-state index contributed by atoms with van der Waals surface area (Å²) in [5.41, 5.74) is 3.51. The zero-order chi connectivity index (χ0) is 20.6. The first-order valence-electron chi connectivity index (χ1n) is 9.04. The van der Waals surface area contributed by atoms with Crippen molar-refractivity contribution in [3.05, 3.63) is 70.1 Å². The van der Waals surface area contributed by atoms with Crippen LogP contribution in [0.2, 0.25) is 0 Å². The molecule has 0 aliphatic carbocycles. The van der Waals surface area contributed by atoms with Crippen molar-refractivity contribution in [1.29, 1.82) is 0 Å². The predicted octanol–water partition coefficient (Wildman–Crippen LogP) is 4.85. The molecule has 4 rings (SSSR count). The molecule has 1 fully saturated rings. The summed E-state index contributed by atoms with van der Waals surface area (Å²) in [6, 6.07) is 9.96. The Morgan fingerprint density at radius 3 is 2.52 bits per heavy atom. The van der Waals surface area contributed by atoms with E-state index in [1.54, 1.807) is 24.5 Å². The average Bonchev–Trinajstić information content (AvgIpc) is 3.22. The van der Waals surface area contributed by atoms with Crippen LogP contribution in [0.4, 0.5) is 4.79 Å². The summed E-state index contributed by atoms with van der Waals surface area (Å²) in [6.07, 6.45) is 4.88. The van der Waals surface area contributed by atoms with E-state index in [1.165, 1.54) is 5.56 Å². The minimum Gasteiger partial charge on any atom is -0.455 e. The van der Waals surface area contributed by atoms with E-state index in [-0.39, 0.29) is 10.7 Å². The number of aromatic nitrogens is 1. The van der Waals surface area contributed by atoms with Gasteiger partial charge in [-0.15, -0.1) is 0 Å². The zero-order valence-electron chi connectivity index (χ0n) is 16.2. The Kier molecular flexibility index (Phi) is 4.77. The van der Waals surface area contributed by atoms with Crippen molar-refractivity contribution in [2.24, 2.45) is 0 Å². The predicted molar refractivity (Wildman–Crippen MR) is 114 cm³/mol. The number of imide groups is 1. The summed E-state index contributed by atoms with van der Waals surface area (Å²) in [4.78, 5) is 27.5. The third-order valence-corrected chi connectivity index (χ3v) is 5.26. The maximum absolute atomic E-state index is 11.7. The van der Waals surface area contributed by atoms with Crippen LogP contribution < -0.4 is 5.32 Å². The van der Waals surface area contributed by atoms with Crippen molar-refractivity contribution in [2.45, 2.75) is 26.2 Å².